The summed E-state index contributed by atoms with van der Waals surface area (Å²) >= 11 is 0. The van der Waals surface area contributed by atoms with Crippen LogP contribution in [0.15, 0.2) is 0 Å². The zero-order valence-corrected chi connectivity index (χ0v) is 20.0. The number of carbonyl (C=O) groups excluding carboxylic acids is 2. The van der Waals surface area contributed by atoms with Crippen LogP contribution in [0.5, 0.6) is 0 Å². The molecule has 0 aromatic rings. The van der Waals surface area contributed by atoms with Gasteiger partial charge in [0.05, 0.1) is 6.61 Å². The van der Waals surface area contributed by atoms with Crippen molar-refractivity contribution in [3.63, 3.8) is 0 Å². The Morgan fingerprint density at radius 1 is 0.829 bits per heavy atom. The number of hydrogen-bond donors (Lipinski definition) is 2. The molecule has 0 fully saturated rings. The molecule has 35 heavy (non-hydrogen) atoms. The lowest BCUT2D eigenvalue weighted by Gasteiger charge is -2.17. The summed E-state index contributed by atoms with van der Waals surface area (Å²) in [6.45, 7) is 0.899. The quantitative estimate of drug-likeness (QED) is 0.138. The van der Waals surface area contributed by atoms with Gasteiger partial charge in [-0.05, 0) is 77.5 Å². The average molecular weight is 494 g/mol. The highest BCUT2D eigenvalue weighted by Gasteiger charge is 2.22. The minimum absolute atomic E-state index is 0.122. The summed E-state index contributed by atoms with van der Waals surface area (Å²) in [4.78, 5) is 41.3. The smallest absolute Gasteiger partial charge is 0.456 e. The lowest BCUT2D eigenvalue weighted by atomic mass is 10.1. The van der Waals surface area contributed by atoms with Gasteiger partial charge in [-0.2, -0.15) is 0 Å². The highest BCUT2D eigenvalue weighted by Crippen LogP contribution is 2.35. The van der Waals surface area contributed by atoms with Crippen LogP contribution in [-0.4, -0.2) is 41.0 Å². The molecule has 8 nitrogen and oxygen atoms in total. The number of ether oxygens (including phenoxy) is 2. The van der Waals surface area contributed by atoms with Crippen LogP contribution in [0.2, 0.25) is 0 Å². The van der Waals surface area contributed by atoms with Gasteiger partial charge in [0.2, 0.25) is 0 Å². The Bertz CT molecular complexity index is 1180. The minimum Gasteiger partial charge on any atom is -0.456 e. The van der Waals surface area contributed by atoms with Crippen LogP contribution in [0.4, 0.5) is 0 Å². The summed E-state index contributed by atoms with van der Waals surface area (Å²) in [7, 11) is -4.81. The SMILES string of the molecule is C#CC#CC#CC#CC#CC#CC#CC(=O)OC[C@H](COP(=O)(O)O)OC(=O)CCCCCCC. The molecule has 0 saturated heterocycles. The van der Waals surface area contributed by atoms with Crippen LogP contribution in [0.3, 0.4) is 0 Å². The van der Waals surface area contributed by atoms with Crippen molar-refractivity contribution in [2.75, 3.05) is 13.2 Å². The molecular formula is C26H23O8P. The Hall–Kier alpha value is -4.03. The fourth-order valence-corrected chi connectivity index (χ4v) is 2.38. The monoisotopic (exact) mass is 494 g/mol. The van der Waals surface area contributed by atoms with Gasteiger partial charge >= 0.3 is 19.8 Å². The first-order valence-corrected chi connectivity index (χ1v) is 11.8. The molecular weight excluding hydrogens is 471 g/mol. The van der Waals surface area contributed by atoms with Crippen molar-refractivity contribution >= 4 is 19.8 Å². The van der Waals surface area contributed by atoms with Gasteiger partial charge in [0, 0.05) is 12.3 Å². The number of esters is 2. The first-order chi connectivity index (χ1) is 16.8. The van der Waals surface area contributed by atoms with Gasteiger partial charge in [-0.1, -0.05) is 32.6 Å². The van der Waals surface area contributed by atoms with Gasteiger partial charge in [-0.25, -0.2) is 9.36 Å². The lowest BCUT2D eigenvalue weighted by molar-refractivity contribution is -0.158. The zero-order valence-electron chi connectivity index (χ0n) is 19.1. The number of hydrogen-bond acceptors (Lipinski definition) is 6. The van der Waals surface area contributed by atoms with Crippen molar-refractivity contribution in [2.45, 2.75) is 51.6 Å². The third kappa shape index (κ3) is 22.9. The molecule has 0 amide bonds. The van der Waals surface area contributed by atoms with E-state index in [1.165, 1.54) is 0 Å². The van der Waals surface area contributed by atoms with Crippen LogP contribution < -0.4 is 0 Å². The van der Waals surface area contributed by atoms with Crippen LogP contribution >= 0.6 is 7.82 Å². The minimum atomic E-state index is -4.81. The second-order valence-electron chi connectivity index (χ2n) is 6.31. The molecule has 0 aliphatic carbocycles. The van der Waals surface area contributed by atoms with E-state index < -0.39 is 39.1 Å². The van der Waals surface area contributed by atoms with Crippen molar-refractivity contribution < 1.29 is 37.9 Å². The fraction of sp³-hybridized carbons (Fsp3) is 0.385. The molecule has 0 radical (unpaired) electrons. The molecule has 0 aromatic carbocycles. The molecule has 0 heterocycles. The molecule has 180 valence electrons. The predicted octanol–water partition coefficient (Wildman–Crippen LogP) is 1.56. The highest BCUT2D eigenvalue weighted by molar-refractivity contribution is 7.46. The Morgan fingerprint density at radius 2 is 1.37 bits per heavy atom. The summed E-state index contributed by atoms with van der Waals surface area (Å²) in [6, 6.07) is 0. The molecule has 0 rings (SSSR count). The molecule has 0 saturated carbocycles. The molecule has 0 spiro atoms. The van der Waals surface area contributed by atoms with E-state index >= 15 is 0 Å². The summed E-state index contributed by atoms with van der Waals surface area (Å²) in [5.74, 6) is 28.4. The van der Waals surface area contributed by atoms with Gasteiger partial charge in [0.25, 0.3) is 0 Å². The standard InChI is InChI=1S/C26H23O8P/c1-3-5-7-9-10-11-12-13-14-15-17-18-20-25(27)32-22-24(23-33-35(29,30)31)34-26(28)21-19-16-8-6-4-2/h1,24H,4,6,8,16,19,21-23H2,2H3,(H2,29,30,31)/t24-/m1/s1. The van der Waals surface area contributed by atoms with E-state index in [0.29, 0.717) is 6.42 Å². The Labute approximate surface area is 206 Å². The number of carbonyl (C=O) groups is 2. The first kappa shape index (κ1) is 31.0. The molecule has 0 aromatic heterocycles. The highest BCUT2D eigenvalue weighted by atomic mass is 31.2. The topological polar surface area (TPSA) is 119 Å². The third-order valence-electron chi connectivity index (χ3n) is 3.47. The molecule has 1 atom stereocenters. The molecule has 2 N–H and O–H groups in total. The Balaban J connectivity index is 4.69. The van der Waals surface area contributed by atoms with Crippen LogP contribution in [0, 0.1) is 83.4 Å². The normalized spacial score (nSPS) is 9.43. The van der Waals surface area contributed by atoms with Gasteiger partial charge in [0.1, 0.15) is 6.61 Å². The predicted molar refractivity (Wildman–Crippen MR) is 128 cm³/mol. The average Bonchev–Trinajstić information content (AvgIpc) is 2.80. The third-order valence-corrected chi connectivity index (χ3v) is 3.96. The van der Waals surface area contributed by atoms with E-state index in [1.807, 2.05) is 0 Å². The maximum atomic E-state index is 12.0. The van der Waals surface area contributed by atoms with Gasteiger partial charge in [-0.3, -0.25) is 9.32 Å². The summed E-state index contributed by atoms with van der Waals surface area (Å²) < 4.78 is 25.2. The van der Waals surface area contributed by atoms with Crippen molar-refractivity contribution in [1.29, 1.82) is 0 Å². The number of rotatable bonds is 12. The van der Waals surface area contributed by atoms with Crippen LogP contribution in [0.1, 0.15) is 45.4 Å². The second-order valence-corrected chi connectivity index (χ2v) is 7.54. The molecule has 0 bridgehead atoms. The van der Waals surface area contributed by atoms with E-state index in [0.717, 1.165) is 25.7 Å². The number of unbranched alkanes of at least 4 members (excludes halogenated alkanes) is 4. The van der Waals surface area contributed by atoms with Crippen molar-refractivity contribution in [1.82, 2.24) is 0 Å². The van der Waals surface area contributed by atoms with Crippen molar-refractivity contribution in [3.8, 4) is 83.4 Å². The maximum Gasteiger partial charge on any atom is 0.469 e. The van der Waals surface area contributed by atoms with Gasteiger partial charge in [0.15, 0.2) is 6.10 Å². The van der Waals surface area contributed by atoms with E-state index in [2.05, 4.69) is 88.4 Å². The second kappa shape index (κ2) is 20.6. The largest absolute Gasteiger partial charge is 0.469 e. The van der Waals surface area contributed by atoms with E-state index in [9.17, 15) is 14.2 Å². The zero-order chi connectivity index (χ0) is 26.2. The lowest BCUT2D eigenvalue weighted by Crippen LogP contribution is -2.29. The number of phosphoric acid groups is 1. The summed E-state index contributed by atoms with van der Waals surface area (Å²) in [6.07, 6.45) is 8.40. The van der Waals surface area contributed by atoms with E-state index in [1.54, 1.807) is 0 Å². The summed E-state index contributed by atoms with van der Waals surface area (Å²) in [5.41, 5.74) is 0. The fourth-order valence-electron chi connectivity index (χ4n) is 2.02. The van der Waals surface area contributed by atoms with Crippen LogP contribution in [0.25, 0.3) is 0 Å². The van der Waals surface area contributed by atoms with E-state index in [4.69, 9.17) is 25.7 Å². The van der Waals surface area contributed by atoms with Crippen LogP contribution in [-0.2, 0) is 28.2 Å². The van der Waals surface area contributed by atoms with E-state index in [-0.39, 0.29) is 6.42 Å². The Morgan fingerprint density at radius 3 is 1.91 bits per heavy atom. The summed E-state index contributed by atoms with van der Waals surface area (Å²) in [5, 5.41) is 0. The van der Waals surface area contributed by atoms with Crippen molar-refractivity contribution in [3.05, 3.63) is 0 Å². The molecule has 0 unspecified atom stereocenters. The van der Waals surface area contributed by atoms with Crippen molar-refractivity contribution in [2.24, 2.45) is 0 Å². The maximum absolute atomic E-state index is 12.0. The van der Waals surface area contributed by atoms with Gasteiger partial charge in [-0.15, -0.1) is 6.42 Å². The number of phosphoric ester groups is 1. The first-order valence-electron chi connectivity index (χ1n) is 10.3. The molecule has 0 aliphatic rings. The van der Waals surface area contributed by atoms with Gasteiger partial charge < -0.3 is 19.3 Å². The number of terminal acetylenes is 1. The molecule has 9 heteroatoms. The molecule has 0 aliphatic heterocycles. The Kier molecular flexibility index (Phi) is 18.2.